The first-order valence-corrected chi connectivity index (χ1v) is 6.58. The molecule has 0 fully saturated rings. The van der Waals surface area contributed by atoms with Gasteiger partial charge in [-0.2, -0.15) is 5.10 Å². The first kappa shape index (κ1) is 12.8. The molecule has 0 bridgehead atoms. The predicted octanol–water partition coefficient (Wildman–Crippen LogP) is 3.33. The van der Waals surface area contributed by atoms with Crippen LogP contribution in [0.5, 0.6) is 5.75 Å². The van der Waals surface area contributed by atoms with Crippen LogP contribution in [0.1, 0.15) is 5.56 Å². The molecule has 0 aliphatic rings. The zero-order valence-corrected chi connectivity index (χ0v) is 11.8. The Morgan fingerprint density at radius 1 is 1.25 bits per heavy atom. The molecule has 20 heavy (non-hydrogen) atoms. The summed E-state index contributed by atoms with van der Waals surface area (Å²) in [5.41, 5.74) is 8.53. The minimum atomic E-state index is 0.580. The molecular formula is C15H14ClN3O. The molecule has 0 radical (unpaired) electrons. The number of halogens is 1. The SMILES string of the molecule is COc1ccc(Cl)cc1Cn1ncc2ccc(N)cc21. The lowest BCUT2D eigenvalue weighted by molar-refractivity contribution is 0.407. The fourth-order valence-corrected chi connectivity index (χ4v) is 2.44. The van der Waals surface area contributed by atoms with Crippen LogP contribution < -0.4 is 10.5 Å². The summed E-state index contributed by atoms with van der Waals surface area (Å²) >= 11 is 6.05. The van der Waals surface area contributed by atoms with Crippen molar-refractivity contribution in [2.75, 3.05) is 12.8 Å². The predicted molar refractivity (Wildman–Crippen MR) is 81.3 cm³/mol. The zero-order chi connectivity index (χ0) is 14.1. The summed E-state index contributed by atoms with van der Waals surface area (Å²) in [4.78, 5) is 0. The van der Waals surface area contributed by atoms with Crippen LogP contribution in [-0.4, -0.2) is 16.9 Å². The third-order valence-electron chi connectivity index (χ3n) is 3.23. The van der Waals surface area contributed by atoms with Crippen LogP contribution in [0, 0.1) is 0 Å². The number of nitrogens with two attached hydrogens (primary N) is 1. The van der Waals surface area contributed by atoms with E-state index < -0.39 is 0 Å². The molecule has 0 amide bonds. The summed E-state index contributed by atoms with van der Waals surface area (Å²) in [5.74, 6) is 0.793. The fraction of sp³-hybridized carbons (Fsp3) is 0.133. The topological polar surface area (TPSA) is 53.1 Å². The van der Waals surface area contributed by atoms with Crippen molar-refractivity contribution in [2.24, 2.45) is 0 Å². The molecule has 2 N–H and O–H groups in total. The maximum Gasteiger partial charge on any atom is 0.124 e. The van der Waals surface area contributed by atoms with Gasteiger partial charge in [0, 0.05) is 21.7 Å². The van der Waals surface area contributed by atoms with Crippen LogP contribution in [0.2, 0.25) is 5.02 Å². The maximum absolute atomic E-state index is 6.05. The van der Waals surface area contributed by atoms with Crippen molar-refractivity contribution < 1.29 is 4.74 Å². The largest absolute Gasteiger partial charge is 0.496 e. The van der Waals surface area contributed by atoms with Crippen LogP contribution in [0.15, 0.2) is 42.6 Å². The molecule has 5 heteroatoms. The van der Waals surface area contributed by atoms with Gasteiger partial charge in [-0.05, 0) is 36.4 Å². The summed E-state index contributed by atoms with van der Waals surface area (Å²) < 4.78 is 7.25. The monoisotopic (exact) mass is 287 g/mol. The van der Waals surface area contributed by atoms with E-state index in [-0.39, 0.29) is 0 Å². The number of methoxy groups -OCH3 is 1. The van der Waals surface area contributed by atoms with Gasteiger partial charge in [-0.15, -0.1) is 0 Å². The fourth-order valence-electron chi connectivity index (χ4n) is 2.25. The minimum Gasteiger partial charge on any atom is -0.496 e. The third-order valence-corrected chi connectivity index (χ3v) is 3.47. The minimum absolute atomic E-state index is 0.580. The number of hydrogen-bond donors (Lipinski definition) is 1. The second-order valence-electron chi connectivity index (χ2n) is 4.58. The molecule has 102 valence electrons. The molecule has 3 aromatic rings. The number of anilines is 1. The van der Waals surface area contributed by atoms with Gasteiger partial charge >= 0.3 is 0 Å². The highest BCUT2D eigenvalue weighted by Gasteiger charge is 2.08. The zero-order valence-electron chi connectivity index (χ0n) is 11.0. The molecule has 0 aliphatic carbocycles. The van der Waals surface area contributed by atoms with E-state index in [4.69, 9.17) is 22.1 Å². The molecule has 1 heterocycles. The van der Waals surface area contributed by atoms with Crippen molar-refractivity contribution >= 4 is 28.2 Å². The first-order valence-electron chi connectivity index (χ1n) is 6.21. The summed E-state index contributed by atoms with van der Waals surface area (Å²) in [7, 11) is 1.64. The standard InChI is InChI=1S/C15H14ClN3O/c1-20-15-5-3-12(16)6-11(15)9-19-14-7-13(17)4-2-10(14)8-18-19/h2-8H,9,17H2,1H3. The molecule has 0 unspecified atom stereocenters. The van der Waals surface area contributed by atoms with Gasteiger partial charge in [-0.25, -0.2) is 0 Å². The van der Waals surface area contributed by atoms with Crippen molar-refractivity contribution in [3.05, 3.63) is 53.2 Å². The molecule has 0 saturated carbocycles. The first-order chi connectivity index (χ1) is 9.67. The van der Waals surface area contributed by atoms with Gasteiger partial charge in [0.05, 0.1) is 25.4 Å². The highest BCUT2D eigenvalue weighted by atomic mass is 35.5. The second-order valence-corrected chi connectivity index (χ2v) is 5.01. The van der Waals surface area contributed by atoms with E-state index in [1.807, 2.05) is 47.3 Å². The van der Waals surface area contributed by atoms with E-state index in [0.717, 1.165) is 27.9 Å². The van der Waals surface area contributed by atoms with Crippen molar-refractivity contribution in [2.45, 2.75) is 6.54 Å². The van der Waals surface area contributed by atoms with Crippen LogP contribution in [0.4, 0.5) is 5.69 Å². The van der Waals surface area contributed by atoms with E-state index in [0.29, 0.717) is 11.6 Å². The van der Waals surface area contributed by atoms with E-state index in [2.05, 4.69) is 5.10 Å². The lowest BCUT2D eigenvalue weighted by Gasteiger charge is -2.10. The summed E-state index contributed by atoms with van der Waals surface area (Å²) in [5, 5.41) is 6.13. The molecule has 0 saturated heterocycles. The Morgan fingerprint density at radius 2 is 2.10 bits per heavy atom. The van der Waals surface area contributed by atoms with Gasteiger partial charge in [-0.3, -0.25) is 4.68 Å². The van der Waals surface area contributed by atoms with Crippen LogP contribution in [0.25, 0.3) is 10.9 Å². The Labute approximate surface area is 121 Å². The van der Waals surface area contributed by atoms with Crippen LogP contribution >= 0.6 is 11.6 Å². The number of benzene rings is 2. The van der Waals surface area contributed by atoms with Crippen LogP contribution in [-0.2, 0) is 6.54 Å². The normalized spacial score (nSPS) is 10.9. The quantitative estimate of drug-likeness (QED) is 0.752. The third kappa shape index (κ3) is 2.30. The highest BCUT2D eigenvalue weighted by molar-refractivity contribution is 6.30. The number of fused-ring (bicyclic) bond motifs is 1. The molecule has 1 aromatic heterocycles. The number of aromatic nitrogens is 2. The summed E-state index contributed by atoms with van der Waals surface area (Å²) in [6.45, 7) is 0.580. The van der Waals surface area contributed by atoms with E-state index >= 15 is 0 Å². The number of nitrogens with zero attached hydrogens (tertiary/aromatic N) is 2. The van der Waals surface area contributed by atoms with Crippen molar-refractivity contribution in [1.82, 2.24) is 9.78 Å². The van der Waals surface area contributed by atoms with Gasteiger partial charge in [0.1, 0.15) is 5.75 Å². The molecule has 0 aliphatic heterocycles. The average Bonchev–Trinajstić information content (AvgIpc) is 2.82. The Balaban J connectivity index is 2.05. The van der Waals surface area contributed by atoms with Crippen molar-refractivity contribution in [3.8, 4) is 5.75 Å². The van der Waals surface area contributed by atoms with Crippen molar-refractivity contribution in [1.29, 1.82) is 0 Å². The van der Waals surface area contributed by atoms with Gasteiger partial charge in [-0.1, -0.05) is 11.6 Å². The molecule has 0 atom stereocenters. The van der Waals surface area contributed by atoms with Gasteiger partial charge < -0.3 is 10.5 Å². The highest BCUT2D eigenvalue weighted by Crippen LogP contribution is 2.25. The van der Waals surface area contributed by atoms with Gasteiger partial charge in [0.2, 0.25) is 0 Å². The lowest BCUT2D eigenvalue weighted by atomic mass is 10.2. The van der Waals surface area contributed by atoms with E-state index in [9.17, 15) is 0 Å². The van der Waals surface area contributed by atoms with Gasteiger partial charge in [0.15, 0.2) is 0 Å². The van der Waals surface area contributed by atoms with Crippen molar-refractivity contribution in [3.63, 3.8) is 0 Å². The second kappa shape index (κ2) is 5.06. The van der Waals surface area contributed by atoms with E-state index in [1.54, 1.807) is 7.11 Å². The van der Waals surface area contributed by atoms with E-state index in [1.165, 1.54) is 0 Å². The molecular weight excluding hydrogens is 274 g/mol. The number of nitrogen functional groups attached to an aromatic ring is 1. The van der Waals surface area contributed by atoms with Crippen LogP contribution in [0.3, 0.4) is 0 Å². The Bertz CT molecular complexity index is 767. The maximum atomic E-state index is 6.05. The number of ether oxygens (including phenoxy) is 1. The summed E-state index contributed by atoms with van der Waals surface area (Å²) in [6.07, 6.45) is 1.83. The molecule has 2 aromatic carbocycles. The Hall–Kier alpha value is -2.20. The lowest BCUT2D eigenvalue weighted by Crippen LogP contribution is -2.03. The molecule has 3 rings (SSSR count). The Morgan fingerprint density at radius 3 is 2.90 bits per heavy atom. The molecule has 4 nitrogen and oxygen atoms in total. The van der Waals surface area contributed by atoms with Gasteiger partial charge in [0.25, 0.3) is 0 Å². The molecule has 0 spiro atoms. The smallest absolute Gasteiger partial charge is 0.124 e. The summed E-state index contributed by atoms with van der Waals surface area (Å²) in [6, 6.07) is 11.3. The number of rotatable bonds is 3. The Kier molecular flexibility index (Phi) is 3.24. The number of hydrogen-bond acceptors (Lipinski definition) is 3. The average molecular weight is 288 g/mol.